The second kappa shape index (κ2) is 4.71. The number of carbonyl (C=O) groups excluding carboxylic acids is 1. The van der Waals surface area contributed by atoms with Gasteiger partial charge >= 0.3 is 0 Å². The van der Waals surface area contributed by atoms with Crippen molar-refractivity contribution in [3.63, 3.8) is 0 Å². The summed E-state index contributed by atoms with van der Waals surface area (Å²) in [7, 11) is 0. The maximum atomic E-state index is 13.0. The second-order valence-corrected chi connectivity index (χ2v) is 8.97. The second-order valence-electron chi connectivity index (χ2n) is 8.97. The number of amides is 1. The Bertz CT molecular complexity index is 420. The Morgan fingerprint density at radius 2 is 1.62 bits per heavy atom. The van der Waals surface area contributed by atoms with Crippen molar-refractivity contribution >= 4 is 5.91 Å². The van der Waals surface area contributed by atoms with E-state index in [0.29, 0.717) is 23.8 Å². The molecular formula is C18H32N2O. The molecule has 3 aliphatic rings. The summed E-state index contributed by atoms with van der Waals surface area (Å²) >= 11 is 0. The Morgan fingerprint density at radius 1 is 1.10 bits per heavy atom. The van der Waals surface area contributed by atoms with Crippen LogP contribution in [0.25, 0.3) is 0 Å². The first kappa shape index (κ1) is 15.3. The van der Waals surface area contributed by atoms with Gasteiger partial charge in [0.25, 0.3) is 0 Å². The van der Waals surface area contributed by atoms with Gasteiger partial charge in [-0.1, -0.05) is 54.4 Å². The van der Waals surface area contributed by atoms with Crippen LogP contribution in [0.3, 0.4) is 0 Å². The third-order valence-electron chi connectivity index (χ3n) is 6.91. The quantitative estimate of drug-likeness (QED) is 0.864. The molecule has 1 saturated heterocycles. The van der Waals surface area contributed by atoms with E-state index in [1.54, 1.807) is 0 Å². The number of hydrogen-bond donors (Lipinski definition) is 1. The Hall–Kier alpha value is -0.570. The summed E-state index contributed by atoms with van der Waals surface area (Å²) < 4.78 is 0. The summed E-state index contributed by atoms with van der Waals surface area (Å²) in [4.78, 5) is 15.3. The van der Waals surface area contributed by atoms with Crippen LogP contribution in [0.15, 0.2) is 0 Å². The zero-order chi connectivity index (χ0) is 15.6. The van der Waals surface area contributed by atoms with Crippen LogP contribution in [0.4, 0.5) is 0 Å². The lowest BCUT2D eigenvalue weighted by atomic mass is 10.0. The summed E-state index contributed by atoms with van der Waals surface area (Å²) in [6.45, 7) is 13.6. The van der Waals surface area contributed by atoms with Crippen molar-refractivity contribution in [1.82, 2.24) is 10.2 Å². The van der Waals surface area contributed by atoms with E-state index in [1.807, 2.05) is 0 Å². The Balaban J connectivity index is 1.89. The molecular weight excluding hydrogens is 260 g/mol. The molecule has 3 heteroatoms. The van der Waals surface area contributed by atoms with Crippen molar-refractivity contribution < 1.29 is 4.79 Å². The summed E-state index contributed by atoms with van der Waals surface area (Å²) in [5, 5.41) is 3.71. The SMILES string of the molecule is CC(C)C1NC(C2CCCC2)N(C2C(C)(C)C2(C)C)C1=O. The molecule has 0 aromatic carbocycles. The van der Waals surface area contributed by atoms with Crippen molar-refractivity contribution in [2.24, 2.45) is 22.7 Å². The predicted octanol–water partition coefficient (Wildman–Crippen LogP) is 3.39. The smallest absolute Gasteiger partial charge is 0.241 e. The molecule has 3 rings (SSSR count). The third-order valence-corrected chi connectivity index (χ3v) is 6.91. The zero-order valence-corrected chi connectivity index (χ0v) is 14.6. The van der Waals surface area contributed by atoms with E-state index in [9.17, 15) is 4.79 Å². The van der Waals surface area contributed by atoms with Crippen LogP contribution >= 0.6 is 0 Å². The summed E-state index contributed by atoms with van der Waals surface area (Å²) in [5.74, 6) is 1.38. The van der Waals surface area contributed by atoms with Crippen LogP contribution < -0.4 is 5.32 Å². The molecule has 2 atom stereocenters. The molecule has 1 heterocycles. The highest BCUT2D eigenvalue weighted by Gasteiger charge is 2.70. The summed E-state index contributed by atoms with van der Waals surface area (Å²) in [5.41, 5.74) is 0.458. The highest BCUT2D eigenvalue weighted by Crippen LogP contribution is 2.66. The number of carbonyl (C=O) groups is 1. The minimum atomic E-state index is 0.0165. The normalized spacial score (nSPS) is 36.0. The molecule has 0 aromatic heterocycles. The minimum absolute atomic E-state index is 0.0165. The third kappa shape index (κ3) is 2.07. The van der Waals surface area contributed by atoms with Crippen LogP contribution in [0.2, 0.25) is 0 Å². The van der Waals surface area contributed by atoms with Gasteiger partial charge in [-0.05, 0) is 35.5 Å². The highest BCUT2D eigenvalue weighted by atomic mass is 16.2. The summed E-state index contributed by atoms with van der Waals surface area (Å²) in [6, 6.07) is 0.405. The number of hydrogen-bond acceptors (Lipinski definition) is 2. The first-order chi connectivity index (χ1) is 9.69. The molecule has 1 amide bonds. The molecule has 3 nitrogen and oxygen atoms in total. The molecule has 0 radical (unpaired) electrons. The van der Waals surface area contributed by atoms with Gasteiger partial charge in [0.2, 0.25) is 5.91 Å². The van der Waals surface area contributed by atoms with Gasteiger partial charge in [0.05, 0.1) is 12.2 Å². The topological polar surface area (TPSA) is 32.3 Å². The van der Waals surface area contributed by atoms with Crippen molar-refractivity contribution in [1.29, 1.82) is 0 Å². The van der Waals surface area contributed by atoms with Gasteiger partial charge in [-0.15, -0.1) is 0 Å². The van der Waals surface area contributed by atoms with Gasteiger partial charge in [-0.2, -0.15) is 0 Å². The van der Waals surface area contributed by atoms with Gasteiger partial charge in [-0.25, -0.2) is 0 Å². The Labute approximate surface area is 129 Å². The fraction of sp³-hybridized carbons (Fsp3) is 0.944. The van der Waals surface area contributed by atoms with Crippen molar-refractivity contribution in [3.8, 4) is 0 Å². The first-order valence-electron chi connectivity index (χ1n) is 8.78. The summed E-state index contributed by atoms with van der Waals surface area (Å²) in [6.07, 6.45) is 5.49. The van der Waals surface area contributed by atoms with Gasteiger partial charge in [0, 0.05) is 6.04 Å². The number of nitrogens with zero attached hydrogens (tertiary/aromatic N) is 1. The van der Waals surface area contributed by atoms with Crippen molar-refractivity contribution in [3.05, 3.63) is 0 Å². The van der Waals surface area contributed by atoms with E-state index in [4.69, 9.17) is 0 Å². The molecule has 1 aliphatic heterocycles. The van der Waals surface area contributed by atoms with Gasteiger partial charge in [-0.3, -0.25) is 10.1 Å². The van der Waals surface area contributed by atoms with Crippen LogP contribution in [0, 0.1) is 22.7 Å². The van der Waals surface area contributed by atoms with E-state index in [-0.39, 0.29) is 23.0 Å². The minimum Gasteiger partial charge on any atom is -0.321 e. The first-order valence-corrected chi connectivity index (χ1v) is 8.78. The van der Waals surface area contributed by atoms with Crippen molar-refractivity contribution in [2.45, 2.75) is 85.5 Å². The zero-order valence-electron chi connectivity index (χ0n) is 14.6. The molecule has 2 saturated carbocycles. The van der Waals surface area contributed by atoms with Crippen LogP contribution in [-0.4, -0.2) is 29.1 Å². The van der Waals surface area contributed by atoms with Crippen LogP contribution in [0.5, 0.6) is 0 Å². The molecule has 120 valence electrons. The molecule has 0 aromatic rings. The average molecular weight is 292 g/mol. The van der Waals surface area contributed by atoms with Crippen LogP contribution in [0.1, 0.15) is 67.2 Å². The number of rotatable bonds is 3. The molecule has 2 aliphatic carbocycles. The maximum absolute atomic E-state index is 13.0. The Kier molecular flexibility index (Phi) is 3.44. The molecule has 3 fully saturated rings. The monoisotopic (exact) mass is 292 g/mol. The molecule has 21 heavy (non-hydrogen) atoms. The standard InChI is InChI=1S/C18H32N2O/c1-11(2)13-15(21)20(16-17(3,4)18(16,5)6)14(19-13)12-9-7-8-10-12/h11-14,16,19H,7-10H2,1-6H3. The lowest BCUT2D eigenvalue weighted by molar-refractivity contribution is -0.132. The lowest BCUT2D eigenvalue weighted by Gasteiger charge is -2.31. The fourth-order valence-electron chi connectivity index (χ4n) is 4.89. The average Bonchev–Trinajstić information content (AvgIpc) is 2.86. The predicted molar refractivity (Wildman–Crippen MR) is 85.7 cm³/mol. The van der Waals surface area contributed by atoms with E-state index >= 15 is 0 Å². The van der Waals surface area contributed by atoms with Crippen LogP contribution in [-0.2, 0) is 4.79 Å². The van der Waals surface area contributed by atoms with Crippen molar-refractivity contribution in [2.75, 3.05) is 0 Å². The molecule has 1 N–H and O–H groups in total. The van der Waals surface area contributed by atoms with Gasteiger partial charge in [0.1, 0.15) is 0 Å². The van der Waals surface area contributed by atoms with E-state index < -0.39 is 0 Å². The highest BCUT2D eigenvalue weighted by molar-refractivity contribution is 5.85. The maximum Gasteiger partial charge on any atom is 0.241 e. The fourth-order valence-corrected chi connectivity index (χ4v) is 4.89. The van der Waals surface area contributed by atoms with Gasteiger partial charge in [0.15, 0.2) is 0 Å². The lowest BCUT2D eigenvalue weighted by Crippen LogP contribution is -2.45. The van der Waals surface area contributed by atoms with E-state index in [2.05, 4.69) is 51.8 Å². The van der Waals surface area contributed by atoms with Gasteiger partial charge < -0.3 is 4.90 Å². The largest absolute Gasteiger partial charge is 0.321 e. The van der Waals surface area contributed by atoms with E-state index in [1.165, 1.54) is 25.7 Å². The Morgan fingerprint density at radius 3 is 2.05 bits per heavy atom. The number of nitrogens with one attached hydrogen (secondary N) is 1. The van der Waals surface area contributed by atoms with E-state index in [0.717, 1.165) is 0 Å². The molecule has 0 bridgehead atoms. The molecule has 2 unspecified atom stereocenters. The molecule has 0 spiro atoms.